The van der Waals surface area contributed by atoms with E-state index in [0.29, 0.717) is 0 Å². The van der Waals surface area contributed by atoms with Gasteiger partial charge in [0.2, 0.25) is 5.95 Å². The molecule has 1 heterocycles. The number of rotatable bonds is 8. The minimum Gasteiger partial charge on any atom is -0.323 e. The molecule has 0 saturated carbocycles. The number of hydrogen-bond acceptors (Lipinski definition) is 3. The molecule has 0 aliphatic carbocycles. The topological polar surface area (TPSA) is 52.7 Å². The third kappa shape index (κ3) is 4.03. The van der Waals surface area contributed by atoms with Gasteiger partial charge in [0.1, 0.15) is 0 Å². The van der Waals surface area contributed by atoms with Crippen molar-refractivity contribution in [2.75, 3.05) is 12.0 Å². The maximum Gasteiger partial charge on any atom is 0.215 e. The largest absolute Gasteiger partial charge is 0.323 e. The number of anilines is 1. The first-order valence-electron chi connectivity index (χ1n) is 8.58. The van der Waals surface area contributed by atoms with Gasteiger partial charge in [-0.3, -0.25) is 5.43 Å². The second-order valence-corrected chi connectivity index (χ2v) is 5.80. The Hall–Kier alpha value is -2.59. The second-order valence-electron chi connectivity index (χ2n) is 5.80. The molecule has 3 rings (SSSR count). The van der Waals surface area contributed by atoms with Crippen molar-refractivity contribution >= 4 is 5.95 Å². The highest BCUT2D eigenvalue weighted by Gasteiger charge is 2.13. The van der Waals surface area contributed by atoms with Gasteiger partial charge in [-0.25, -0.2) is 10.4 Å². The summed E-state index contributed by atoms with van der Waals surface area (Å²) >= 11 is 0. The van der Waals surface area contributed by atoms with Crippen molar-refractivity contribution in [1.29, 1.82) is 0 Å². The summed E-state index contributed by atoms with van der Waals surface area (Å²) in [6, 6.07) is 20.6. The fourth-order valence-corrected chi connectivity index (χ4v) is 2.66. The number of unbranched alkanes of at least 4 members (excludes halogenated alkanes) is 2. The highest BCUT2D eigenvalue weighted by Crippen LogP contribution is 2.30. The van der Waals surface area contributed by atoms with Crippen LogP contribution in [0.3, 0.4) is 0 Å². The zero-order chi connectivity index (χ0) is 16.6. The molecular formula is C20H24N4. The van der Waals surface area contributed by atoms with Crippen LogP contribution < -0.4 is 10.9 Å². The van der Waals surface area contributed by atoms with Crippen LogP contribution >= 0.6 is 0 Å². The van der Waals surface area contributed by atoms with Crippen molar-refractivity contribution in [2.24, 2.45) is 0 Å². The van der Waals surface area contributed by atoms with Crippen LogP contribution in [0.2, 0.25) is 0 Å². The first-order chi connectivity index (χ1) is 11.9. The molecule has 2 aromatic carbocycles. The SMILES string of the molecule is CCCCCNNc1nc(-c2ccccc2)c(-c2ccccc2)[nH]1. The van der Waals surface area contributed by atoms with Gasteiger partial charge in [-0.1, -0.05) is 80.4 Å². The summed E-state index contributed by atoms with van der Waals surface area (Å²) in [5, 5.41) is 0. The highest BCUT2D eigenvalue weighted by atomic mass is 15.4. The normalized spacial score (nSPS) is 10.7. The number of aromatic nitrogens is 2. The molecule has 0 aliphatic heterocycles. The van der Waals surface area contributed by atoms with Gasteiger partial charge in [0.25, 0.3) is 0 Å². The molecule has 0 aliphatic rings. The lowest BCUT2D eigenvalue weighted by Crippen LogP contribution is -2.23. The minimum absolute atomic E-state index is 0.740. The molecule has 4 nitrogen and oxygen atoms in total. The van der Waals surface area contributed by atoms with Crippen LogP contribution in [0.4, 0.5) is 5.95 Å². The molecule has 3 N–H and O–H groups in total. The summed E-state index contributed by atoms with van der Waals surface area (Å²) in [4.78, 5) is 8.15. The van der Waals surface area contributed by atoms with Gasteiger partial charge >= 0.3 is 0 Å². The Morgan fingerprint density at radius 3 is 2.21 bits per heavy atom. The first kappa shape index (κ1) is 16.3. The van der Waals surface area contributed by atoms with Crippen LogP contribution in [0.25, 0.3) is 22.5 Å². The van der Waals surface area contributed by atoms with Crippen molar-refractivity contribution in [3.63, 3.8) is 0 Å². The monoisotopic (exact) mass is 320 g/mol. The second kappa shape index (κ2) is 8.31. The van der Waals surface area contributed by atoms with Crippen molar-refractivity contribution < 1.29 is 0 Å². The quantitative estimate of drug-likeness (QED) is 0.411. The van der Waals surface area contributed by atoms with Gasteiger partial charge in [-0.2, -0.15) is 0 Å². The minimum atomic E-state index is 0.740. The zero-order valence-electron chi connectivity index (χ0n) is 14.0. The van der Waals surface area contributed by atoms with Gasteiger partial charge in [-0.05, 0) is 6.42 Å². The predicted molar refractivity (Wildman–Crippen MR) is 101 cm³/mol. The van der Waals surface area contributed by atoms with Crippen LogP contribution in [0.1, 0.15) is 26.2 Å². The lowest BCUT2D eigenvalue weighted by Gasteiger charge is -2.04. The number of hydrazine groups is 1. The molecular weight excluding hydrogens is 296 g/mol. The Kier molecular flexibility index (Phi) is 5.64. The Balaban J connectivity index is 1.83. The highest BCUT2D eigenvalue weighted by molar-refractivity contribution is 5.79. The number of nitrogens with zero attached hydrogens (tertiary/aromatic N) is 1. The molecule has 124 valence electrons. The Morgan fingerprint density at radius 1 is 0.875 bits per heavy atom. The van der Waals surface area contributed by atoms with E-state index in [1.807, 2.05) is 36.4 Å². The Bertz CT molecular complexity index is 678. The summed E-state index contributed by atoms with van der Waals surface area (Å²) in [5.74, 6) is 0.740. The number of aromatic amines is 1. The standard InChI is InChI=1S/C20H24N4/c1-2-3-10-15-21-24-20-22-18(16-11-6-4-7-12-16)19(23-20)17-13-8-5-9-14-17/h4-9,11-14,21H,2-3,10,15H2,1H3,(H2,22,23,24). The molecule has 24 heavy (non-hydrogen) atoms. The molecule has 0 saturated heterocycles. The number of imidazole rings is 1. The van der Waals surface area contributed by atoms with Crippen LogP contribution in [0, 0.1) is 0 Å². The number of H-pyrrole nitrogens is 1. The van der Waals surface area contributed by atoms with Crippen LogP contribution in [0.5, 0.6) is 0 Å². The van der Waals surface area contributed by atoms with Crippen molar-refractivity contribution in [3.05, 3.63) is 60.7 Å². The predicted octanol–water partition coefficient (Wildman–Crippen LogP) is 4.85. The maximum absolute atomic E-state index is 4.75. The van der Waals surface area contributed by atoms with E-state index in [1.165, 1.54) is 12.8 Å². The molecule has 0 unspecified atom stereocenters. The average molecular weight is 320 g/mol. The zero-order valence-corrected chi connectivity index (χ0v) is 14.0. The van der Waals surface area contributed by atoms with Crippen LogP contribution in [0.15, 0.2) is 60.7 Å². The molecule has 0 bridgehead atoms. The number of nitrogens with one attached hydrogen (secondary N) is 3. The summed E-state index contributed by atoms with van der Waals surface area (Å²) in [5.41, 5.74) is 10.6. The van der Waals surface area contributed by atoms with Crippen molar-refractivity contribution in [3.8, 4) is 22.5 Å². The average Bonchev–Trinajstić information content (AvgIpc) is 3.07. The van der Waals surface area contributed by atoms with Crippen LogP contribution in [-0.4, -0.2) is 16.5 Å². The summed E-state index contributed by atoms with van der Waals surface area (Å²) in [7, 11) is 0. The van der Waals surface area contributed by atoms with Gasteiger partial charge in [0, 0.05) is 17.7 Å². The third-order valence-electron chi connectivity index (χ3n) is 3.93. The van der Waals surface area contributed by atoms with Gasteiger partial charge < -0.3 is 4.98 Å². The smallest absolute Gasteiger partial charge is 0.215 e. The van der Waals surface area contributed by atoms with E-state index in [9.17, 15) is 0 Å². The van der Waals surface area contributed by atoms with Gasteiger partial charge in [0.15, 0.2) is 0 Å². The maximum atomic E-state index is 4.75. The third-order valence-corrected chi connectivity index (χ3v) is 3.93. The Morgan fingerprint density at radius 2 is 1.54 bits per heavy atom. The summed E-state index contributed by atoms with van der Waals surface area (Å²) in [6.45, 7) is 3.13. The van der Waals surface area contributed by atoms with E-state index in [4.69, 9.17) is 4.98 Å². The van der Waals surface area contributed by atoms with Crippen molar-refractivity contribution in [2.45, 2.75) is 26.2 Å². The molecule has 0 fully saturated rings. The molecule has 1 aromatic heterocycles. The van der Waals surface area contributed by atoms with E-state index >= 15 is 0 Å². The molecule has 0 spiro atoms. The van der Waals surface area contributed by atoms with E-state index < -0.39 is 0 Å². The van der Waals surface area contributed by atoms with Gasteiger partial charge in [-0.15, -0.1) is 0 Å². The Labute approximate surface area is 143 Å². The first-order valence-corrected chi connectivity index (χ1v) is 8.58. The van der Waals surface area contributed by atoms with E-state index in [2.05, 4.69) is 47.0 Å². The van der Waals surface area contributed by atoms with Crippen molar-refractivity contribution in [1.82, 2.24) is 15.4 Å². The lowest BCUT2D eigenvalue weighted by molar-refractivity contribution is 0.659. The number of benzene rings is 2. The molecule has 0 amide bonds. The van der Waals surface area contributed by atoms with Crippen LogP contribution in [-0.2, 0) is 0 Å². The fourth-order valence-electron chi connectivity index (χ4n) is 2.66. The van der Waals surface area contributed by atoms with Gasteiger partial charge in [0.05, 0.1) is 11.4 Å². The summed E-state index contributed by atoms with van der Waals surface area (Å²) < 4.78 is 0. The molecule has 3 aromatic rings. The molecule has 0 radical (unpaired) electrons. The molecule has 4 heteroatoms. The summed E-state index contributed by atoms with van der Waals surface area (Å²) in [6.07, 6.45) is 3.61. The van der Waals surface area contributed by atoms with E-state index in [1.54, 1.807) is 0 Å². The fraction of sp³-hybridized carbons (Fsp3) is 0.250. The number of hydrogen-bond donors (Lipinski definition) is 3. The molecule has 0 atom stereocenters. The van der Waals surface area contributed by atoms with E-state index in [0.717, 1.165) is 41.4 Å². The lowest BCUT2D eigenvalue weighted by atomic mass is 10.1. The van der Waals surface area contributed by atoms with E-state index in [-0.39, 0.29) is 0 Å².